The number of halogens is 1. The summed E-state index contributed by atoms with van der Waals surface area (Å²) in [5.41, 5.74) is 2.13. The van der Waals surface area contributed by atoms with Gasteiger partial charge < -0.3 is 5.32 Å². The third kappa shape index (κ3) is 4.64. The van der Waals surface area contributed by atoms with E-state index in [1.807, 2.05) is 25.1 Å². The van der Waals surface area contributed by atoms with Crippen LogP contribution in [-0.4, -0.2) is 31.7 Å². The van der Waals surface area contributed by atoms with Gasteiger partial charge in [-0.3, -0.25) is 4.79 Å². The van der Waals surface area contributed by atoms with Crippen molar-refractivity contribution in [2.45, 2.75) is 32.1 Å². The fraction of sp³-hybridized carbons (Fsp3) is 0.381. The lowest BCUT2D eigenvalue weighted by Crippen LogP contribution is -2.42. The average Bonchev–Trinajstić information content (AvgIpc) is 2.64. The second-order valence-corrected chi connectivity index (χ2v) is 10.5. The highest BCUT2D eigenvalue weighted by Crippen LogP contribution is 2.27. The molecule has 1 saturated heterocycles. The molecule has 0 bridgehead atoms. The Bertz CT molecular complexity index is 964. The van der Waals surface area contributed by atoms with Gasteiger partial charge in [0.05, 0.1) is 4.90 Å². The Labute approximate surface area is 175 Å². The zero-order valence-corrected chi connectivity index (χ0v) is 18.7. The van der Waals surface area contributed by atoms with E-state index in [0.717, 1.165) is 16.5 Å². The molecule has 5 nitrogen and oxygen atoms in total. The summed E-state index contributed by atoms with van der Waals surface area (Å²) < 4.78 is 28.4. The Hall–Kier alpha value is -1.70. The zero-order valence-electron chi connectivity index (χ0n) is 16.3. The number of piperidine rings is 1. The molecule has 1 amide bonds. The molecule has 2 unspecified atom stereocenters. The Morgan fingerprint density at radius 1 is 1.07 bits per heavy atom. The number of aryl methyl sites for hydroxylation is 1. The maximum atomic E-state index is 12.9. The van der Waals surface area contributed by atoms with Crippen molar-refractivity contribution < 1.29 is 13.2 Å². The largest absolute Gasteiger partial charge is 0.322 e. The molecule has 0 aromatic heterocycles. The van der Waals surface area contributed by atoms with Crippen LogP contribution >= 0.6 is 15.9 Å². The minimum absolute atomic E-state index is 0.227. The molecule has 7 heteroatoms. The van der Waals surface area contributed by atoms with Crippen LogP contribution in [0.1, 0.15) is 36.2 Å². The van der Waals surface area contributed by atoms with Gasteiger partial charge in [0, 0.05) is 28.8 Å². The number of anilines is 1. The number of carbonyl (C=O) groups excluding carboxylic acids is 1. The van der Waals surface area contributed by atoms with E-state index in [-0.39, 0.29) is 10.8 Å². The molecule has 1 fully saturated rings. The van der Waals surface area contributed by atoms with E-state index < -0.39 is 10.0 Å². The molecule has 1 heterocycles. The molecule has 0 radical (unpaired) electrons. The predicted octanol–water partition coefficient (Wildman–Crippen LogP) is 4.68. The van der Waals surface area contributed by atoms with E-state index in [1.165, 1.54) is 12.1 Å². The van der Waals surface area contributed by atoms with Crippen LogP contribution in [0.15, 0.2) is 51.8 Å². The summed E-state index contributed by atoms with van der Waals surface area (Å²) in [6, 6.07) is 11.7. The molecule has 0 spiro atoms. The number of sulfonamides is 1. The first kappa shape index (κ1) is 21.0. The van der Waals surface area contributed by atoms with E-state index in [0.29, 0.717) is 36.2 Å². The molecule has 2 aromatic carbocycles. The molecule has 2 atom stereocenters. The fourth-order valence-corrected chi connectivity index (χ4v) is 5.58. The van der Waals surface area contributed by atoms with Crippen LogP contribution in [0.3, 0.4) is 0 Å². The number of nitrogens with zero attached hydrogens (tertiary/aromatic N) is 1. The van der Waals surface area contributed by atoms with Gasteiger partial charge in [0.15, 0.2) is 0 Å². The van der Waals surface area contributed by atoms with E-state index in [9.17, 15) is 13.2 Å². The van der Waals surface area contributed by atoms with E-state index in [1.54, 1.807) is 16.4 Å². The molecule has 0 aliphatic carbocycles. The first-order chi connectivity index (χ1) is 13.2. The number of hydrogen-bond acceptors (Lipinski definition) is 3. The number of amides is 1. The predicted molar refractivity (Wildman–Crippen MR) is 115 cm³/mol. The van der Waals surface area contributed by atoms with Crippen molar-refractivity contribution in [2.75, 3.05) is 18.4 Å². The van der Waals surface area contributed by atoms with E-state index in [4.69, 9.17) is 0 Å². The molecular weight excluding hydrogens is 440 g/mol. The zero-order chi connectivity index (χ0) is 20.5. The van der Waals surface area contributed by atoms with Crippen LogP contribution in [0.25, 0.3) is 0 Å². The summed E-state index contributed by atoms with van der Waals surface area (Å²) in [7, 11) is -3.54. The third-order valence-corrected chi connectivity index (χ3v) is 7.74. The van der Waals surface area contributed by atoms with Gasteiger partial charge in [-0.05, 0) is 73.2 Å². The van der Waals surface area contributed by atoms with E-state index >= 15 is 0 Å². The SMILES string of the molecule is Cc1cc(NC(=O)c2ccc(S(=O)(=O)N3CC(C)CC(C)C3)cc2)ccc1Br. The topological polar surface area (TPSA) is 66.5 Å². The molecule has 1 aliphatic heterocycles. The molecule has 3 rings (SSSR count). The van der Waals surface area contributed by atoms with Crippen molar-refractivity contribution in [1.82, 2.24) is 4.31 Å². The van der Waals surface area contributed by atoms with Crippen molar-refractivity contribution >= 4 is 37.5 Å². The van der Waals surface area contributed by atoms with Gasteiger partial charge in [0.1, 0.15) is 0 Å². The lowest BCUT2D eigenvalue weighted by Gasteiger charge is -2.34. The Morgan fingerprint density at radius 2 is 1.68 bits per heavy atom. The van der Waals surface area contributed by atoms with Crippen LogP contribution < -0.4 is 5.32 Å². The Morgan fingerprint density at radius 3 is 2.25 bits per heavy atom. The monoisotopic (exact) mass is 464 g/mol. The first-order valence-electron chi connectivity index (χ1n) is 9.34. The molecule has 0 saturated carbocycles. The van der Waals surface area contributed by atoms with Crippen LogP contribution in [0, 0.1) is 18.8 Å². The number of carbonyl (C=O) groups is 1. The average molecular weight is 465 g/mol. The first-order valence-corrected chi connectivity index (χ1v) is 11.6. The van der Waals surface area contributed by atoms with Gasteiger partial charge in [-0.1, -0.05) is 29.8 Å². The van der Waals surface area contributed by atoms with Crippen LogP contribution in [0.4, 0.5) is 5.69 Å². The highest BCUT2D eigenvalue weighted by Gasteiger charge is 2.31. The number of hydrogen-bond donors (Lipinski definition) is 1. The summed E-state index contributed by atoms with van der Waals surface area (Å²) >= 11 is 3.43. The number of benzene rings is 2. The smallest absolute Gasteiger partial charge is 0.255 e. The maximum absolute atomic E-state index is 12.9. The highest BCUT2D eigenvalue weighted by molar-refractivity contribution is 9.10. The summed E-state index contributed by atoms with van der Waals surface area (Å²) in [4.78, 5) is 12.7. The minimum Gasteiger partial charge on any atom is -0.322 e. The lowest BCUT2D eigenvalue weighted by molar-refractivity contribution is 0.102. The van der Waals surface area contributed by atoms with Crippen molar-refractivity contribution in [1.29, 1.82) is 0 Å². The molecule has 150 valence electrons. The third-order valence-electron chi connectivity index (χ3n) is 5.01. The van der Waals surface area contributed by atoms with Crippen molar-refractivity contribution in [3.05, 3.63) is 58.1 Å². The van der Waals surface area contributed by atoms with Gasteiger partial charge in [-0.25, -0.2) is 8.42 Å². The van der Waals surface area contributed by atoms with Crippen LogP contribution in [0.5, 0.6) is 0 Å². The van der Waals surface area contributed by atoms with Gasteiger partial charge in [0.25, 0.3) is 5.91 Å². The van der Waals surface area contributed by atoms with Crippen molar-refractivity contribution in [3.63, 3.8) is 0 Å². The van der Waals surface area contributed by atoms with Crippen LogP contribution in [0.2, 0.25) is 0 Å². The van der Waals surface area contributed by atoms with Gasteiger partial charge in [0.2, 0.25) is 10.0 Å². The summed E-state index contributed by atoms with van der Waals surface area (Å²) in [5, 5.41) is 2.84. The van der Waals surface area contributed by atoms with Gasteiger partial charge >= 0.3 is 0 Å². The maximum Gasteiger partial charge on any atom is 0.255 e. The normalized spacial score (nSPS) is 20.7. The molecular formula is C21H25BrN2O3S. The van der Waals surface area contributed by atoms with Gasteiger partial charge in [-0.15, -0.1) is 0 Å². The molecule has 1 N–H and O–H groups in total. The Kier molecular flexibility index (Phi) is 6.27. The Balaban J connectivity index is 1.75. The molecule has 2 aromatic rings. The second-order valence-electron chi connectivity index (χ2n) is 7.71. The summed E-state index contributed by atoms with van der Waals surface area (Å²) in [6.07, 6.45) is 1.04. The molecule has 1 aliphatic rings. The van der Waals surface area contributed by atoms with Crippen LogP contribution in [-0.2, 0) is 10.0 Å². The summed E-state index contributed by atoms with van der Waals surface area (Å²) in [6.45, 7) is 7.18. The fourth-order valence-electron chi connectivity index (χ4n) is 3.66. The number of rotatable bonds is 4. The van der Waals surface area contributed by atoms with E-state index in [2.05, 4.69) is 35.1 Å². The quantitative estimate of drug-likeness (QED) is 0.714. The second kappa shape index (κ2) is 8.35. The van der Waals surface area contributed by atoms with Crippen molar-refractivity contribution in [2.24, 2.45) is 11.8 Å². The van der Waals surface area contributed by atoms with Gasteiger partial charge in [-0.2, -0.15) is 4.31 Å². The standard InChI is InChI=1S/C21H25BrN2O3S/c1-14-10-15(2)13-24(12-14)28(26,27)19-7-4-17(5-8-19)21(25)23-18-6-9-20(22)16(3)11-18/h4-9,11,14-15H,10,12-13H2,1-3H3,(H,23,25). The summed E-state index contributed by atoms with van der Waals surface area (Å²) in [5.74, 6) is 0.418. The lowest BCUT2D eigenvalue weighted by atomic mass is 9.94. The number of nitrogens with one attached hydrogen (secondary N) is 1. The highest BCUT2D eigenvalue weighted by atomic mass is 79.9. The van der Waals surface area contributed by atoms with Crippen molar-refractivity contribution in [3.8, 4) is 0 Å². The minimum atomic E-state index is -3.54. The molecule has 28 heavy (non-hydrogen) atoms.